The normalized spacial score (nSPS) is 11.3. The molecule has 0 radical (unpaired) electrons. The molecular formula is C15H22F2N2O. The van der Waals surface area contributed by atoms with E-state index in [0.717, 1.165) is 25.6 Å². The van der Waals surface area contributed by atoms with Crippen LogP contribution in [0.5, 0.6) is 0 Å². The molecular weight excluding hydrogens is 262 g/mol. The third kappa shape index (κ3) is 5.35. The predicted octanol–water partition coefficient (Wildman–Crippen LogP) is 2.42. The molecule has 0 heterocycles. The van der Waals surface area contributed by atoms with Gasteiger partial charge < -0.3 is 9.80 Å². The van der Waals surface area contributed by atoms with Gasteiger partial charge in [0.2, 0.25) is 0 Å². The van der Waals surface area contributed by atoms with Crippen molar-refractivity contribution in [3.05, 3.63) is 35.4 Å². The third-order valence-electron chi connectivity index (χ3n) is 3.12. The SMILES string of the molecule is CN(C)CCCN(C)CCC(=O)c1cccc(F)c1F. The number of hydrogen-bond donors (Lipinski definition) is 0. The highest BCUT2D eigenvalue weighted by molar-refractivity contribution is 5.96. The molecule has 0 N–H and O–H groups in total. The predicted molar refractivity (Wildman–Crippen MR) is 76.0 cm³/mol. The molecule has 0 aliphatic carbocycles. The van der Waals surface area contributed by atoms with Crippen molar-refractivity contribution < 1.29 is 13.6 Å². The molecule has 0 bridgehead atoms. The first-order valence-corrected chi connectivity index (χ1v) is 6.72. The summed E-state index contributed by atoms with van der Waals surface area (Å²) < 4.78 is 26.5. The molecule has 1 aromatic rings. The first kappa shape index (κ1) is 16.7. The maximum absolute atomic E-state index is 13.5. The molecule has 0 amide bonds. The van der Waals surface area contributed by atoms with Gasteiger partial charge in [-0.2, -0.15) is 0 Å². The van der Waals surface area contributed by atoms with Crippen molar-refractivity contribution in [1.29, 1.82) is 0 Å². The average Bonchev–Trinajstić information content (AvgIpc) is 2.38. The molecule has 3 nitrogen and oxygen atoms in total. The fourth-order valence-electron chi connectivity index (χ4n) is 1.91. The average molecular weight is 284 g/mol. The van der Waals surface area contributed by atoms with Crippen molar-refractivity contribution in [2.45, 2.75) is 12.8 Å². The Morgan fingerprint density at radius 1 is 1.10 bits per heavy atom. The van der Waals surface area contributed by atoms with Crippen LogP contribution >= 0.6 is 0 Å². The van der Waals surface area contributed by atoms with Crippen LogP contribution in [0.25, 0.3) is 0 Å². The second kappa shape index (κ2) is 8.07. The summed E-state index contributed by atoms with van der Waals surface area (Å²) in [5.41, 5.74) is -0.160. The van der Waals surface area contributed by atoms with Gasteiger partial charge in [0.05, 0.1) is 5.56 Å². The molecule has 0 fully saturated rings. The number of carbonyl (C=O) groups is 1. The summed E-state index contributed by atoms with van der Waals surface area (Å²) in [5, 5.41) is 0. The molecule has 5 heteroatoms. The van der Waals surface area contributed by atoms with Crippen molar-refractivity contribution in [2.75, 3.05) is 40.8 Å². The van der Waals surface area contributed by atoms with E-state index in [0.29, 0.717) is 6.54 Å². The molecule has 0 aliphatic rings. The maximum atomic E-state index is 13.5. The minimum absolute atomic E-state index is 0.160. The maximum Gasteiger partial charge on any atom is 0.169 e. The smallest absolute Gasteiger partial charge is 0.169 e. The number of benzene rings is 1. The minimum atomic E-state index is -1.05. The Morgan fingerprint density at radius 3 is 2.45 bits per heavy atom. The molecule has 0 saturated carbocycles. The van der Waals surface area contributed by atoms with E-state index in [2.05, 4.69) is 4.90 Å². The Labute approximate surface area is 119 Å². The van der Waals surface area contributed by atoms with Gasteiger partial charge in [-0.3, -0.25) is 4.79 Å². The van der Waals surface area contributed by atoms with Crippen molar-refractivity contribution in [3.8, 4) is 0 Å². The number of carbonyl (C=O) groups excluding carboxylic acids is 1. The zero-order valence-electron chi connectivity index (χ0n) is 12.3. The first-order valence-electron chi connectivity index (χ1n) is 6.72. The first-order chi connectivity index (χ1) is 9.41. The summed E-state index contributed by atoms with van der Waals surface area (Å²) in [5.74, 6) is -2.38. The highest BCUT2D eigenvalue weighted by Crippen LogP contribution is 2.13. The quantitative estimate of drug-likeness (QED) is 0.685. The van der Waals surface area contributed by atoms with E-state index >= 15 is 0 Å². The molecule has 0 unspecified atom stereocenters. The summed E-state index contributed by atoms with van der Waals surface area (Å²) in [6, 6.07) is 3.69. The van der Waals surface area contributed by atoms with Crippen LogP contribution < -0.4 is 0 Å². The van der Waals surface area contributed by atoms with Crippen LogP contribution in [0.4, 0.5) is 8.78 Å². The Morgan fingerprint density at radius 2 is 1.80 bits per heavy atom. The van der Waals surface area contributed by atoms with Crippen LogP contribution in [0.3, 0.4) is 0 Å². The number of Topliss-reactive ketones (excluding diaryl/α,β-unsaturated/α-hetero) is 1. The van der Waals surface area contributed by atoms with Gasteiger partial charge in [0.1, 0.15) is 0 Å². The third-order valence-corrected chi connectivity index (χ3v) is 3.12. The lowest BCUT2D eigenvalue weighted by atomic mass is 10.1. The minimum Gasteiger partial charge on any atom is -0.309 e. The zero-order chi connectivity index (χ0) is 15.1. The van der Waals surface area contributed by atoms with Gasteiger partial charge in [0, 0.05) is 13.0 Å². The van der Waals surface area contributed by atoms with Crippen molar-refractivity contribution in [2.24, 2.45) is 0 Å². The Hall–Kier alpha value is -1.33. The Kier molecular flexibility index (Phi) is 6.75. The van der Waals surface area contributed by atoms with Gasteiger partial charge >= 0.3 is 0 Å². The molecule has 20 heavy (non-hydrogen) atoms. The zero-order valence-corrected chi connectivity index (χ0v) is 12.3. The fourth-order valence-corrected chi connectivity index (χ4v) is 1.91. The fraction of sp³-hybridized carbons (Fsp3) is 0.533. The van der Waals surface area contributed by atoms with Crippen molar-refractivity contribution in [1.82, 2.24) is 9.80 Å². The number of halogens is 2. The highest BCUT2D eigenvalue weighted by atomic mass is 19.2. The van der Waals surface area contributed by atoms with E-state index in [1.807, 2.05) is 26.0 Å². The Balaban J connectivity index is 2.41. The lowest BCUT2D eigenvalue weighted by Crippen LogP contribution is -2.26. The van der Waals surface area contributed by atoms with Crippen molar-refractivity contribution in [3.63, 3.8) is 0 Å². The van der Waals surface area contributed by atoms with Crippen LogP contribution in [-0.4, -0.2) is 56.4 Å². The lowest BCUT2D eigenvalue weighted by Gasteiger charge is -2.17. The highest BCUT2D eigenvalue weighted by Gasteiger charge is 2.15. The van der Waals surface area contributed by atoms with Crippen LogP contribution in [0.2, 0.25) is 0 Å². The summed E-state index contributed by atoms with van der Waals surface area (Å²) in [4.78, 5) is 16.0. The standard InChI is InChI=1S/C15H22F2N2O/c1-18(2)9-5-10-19(3)11-8-14(20)12-6-4-7-13(16)15(12)17/h4,6-7H,5,8-11H2,1-3H3. The summed E-state index contributed by atoms with van der Waals surface area (Å²) in [7, 11) is 5.94. The second-order valence-electron chi connectivity index (χ2n) is 5.23. The summed E-state index contributed by atoms with van der Waals surface area (Å²) in [6.45, 7) is 2.40. The van der Waals surface area contributed by atoms with Gasteiger partial charge in [0.25, 0.3) is 0 Å². The molecule has 1 aromatic carbocycles. The topological polar surface area (TPSA) is 23.6 Å². The lowest BCUT2D eigenvalue weighted by molar-refractivity contribution is 0.0963. The van der Waals surface area contributed by atoms with Gasteiger partial charge in [-0.1, -0.05) is 6.07 Å². The molecule has 0 aromatic heterocycles. The van der Waals surface area contributed by atoms with E-state index in [4.69, 9.17) is 0 Å². The number of rotatable bonds is 8. The molecule has 112 valence electrons. The van der Waals surface area contributed by atoms with E-state index < -0.39 is 11.6 Å². The van der Waals surface area contributed by atoms with Gasteiger partial charge in [-0.25, -0.2) is 8.78 Å². The van der Waals surface area contributed by atoms with Crippen molar-refractivity contribution >= 4 is 5.78 Å². The van der Waals surface area contributed by atoms with Gasteiger partial charge in [0.15, 0.2) is 17.4 Å². The second-order valence-corrected chi connectivity index (χ2v) is 5.23. The molecule has 0 aliphatic heterocycles. The molecule has 0 saturated heterocycles. The summed E-state index contributed by atoms with van der Waals surface area (Å²) >= 11 is 0. The molecule has 0 spiro atoms. The largest absolute Gasteiger partial charge is 0.309 e. The van der Waals surface area contributed by atoms with E-state index in [-0.39, 0.29) is 17.8 Å². The monoisotopic (exact) mass is 284 g/mol. The Bertz CT molecular complexity index is 449. The van der Waals surface area contributed by atoms with Gasteiger partial charge in [-0.05, 0) is 52.8 Å². The van der Waals surface area contributed by atoms with Crippen LogP contribution in [0.1, 0.15) is 23.2 Å². The molecule has 0 atom stereocenters. The van der Waals surface area contributed by atoms with Crippen LogP contribution in [-0.2, 0) is 0 Å². The van der Waals surface area contributed by atoms with E-state index in [1.54, 1.807) is 0 Å². The number of nitrogens with zero attached hydrogens (tertiary/aromatic N) is 2. The number of hydrogen-bond acceptors (Lipinski definition) is 3. The van der Waals surface area contributed by atoms with Crippen LogP contribution in [0.15, 0.2) is 18.2 Å². The van der Waals surface area contributed by atoms with E-state index in [9.17, 15) is 13.6 Å². The summed E-state index contributed by atoms with van der Waals surface area (Å²) in [6.07, 6.45) is 1.20. The van der Waals surface area contributed by atoms with E-state index in [1.165, 1.54) is 12.1 Å². The molecule has 1 rings (SSSR count). The van der Waals surface area contributed by atoms with Crippen LogP contribution in [0, 0.1) is 11.6 Å². The van der Waals surface area contributed by atoms with Gasteiger partial charge in [-0.15, -0.1) is 0 Å². The number of ketones is 1.